The Labute approximate surface area is 165 Å². The average Bonchev–Trinajstić information content (AvgIpc) is 3.27. The number of amides is 1. The summed E-state index contributed by atoms with van der Waals surface area (Å²) in [7, 11) is 0. The highest BCUT2D eigenvalue weighted by Gasteiger charge is 2.26. The molecule has 1 N–H and O–H groups in total. The number of nitrogens with one attached hydrogen (secondary N) is 1. The number of carbonyl (C=O) groups excluding carboxylic acids is 1. The van der Waals surface area contributed by atoms with Crippen molar-refractivity contribution < 1.29 is 4.79 Å². The van der Waals surface area contributed by atoms with Gasteiger partial charge in [0.05, 0.1) is 11.4 Å². The maximum absolute atomic E-state index is 13.2. The highest BCUT2D eigenvalue weighted by molar-refractivity contribution is 5.93. The van der Waals surface area contributed by atoms with Crippen molar-refractivity contribution in [1.29, 1.82) is 0 Å². The standard InChI is InChI=1S/C22H27N5O/c1-4-27-20(14-19(25-27)15(2)3)22(28)26-12-10-17-18(11-13-26)23-24-21(17)16-8-6-5-7-9-16/h5-9,14-15H,4,10-13H2,1-3H3,(H,23,24). The van der Waals surface area contributed by atoms with E-state index in [2.05, 4.69) is 41.3 Å². The molecule has 0 aliphatic carbocycles. The minimum atomic E-state index is 0.0700. The van der Waals surface area contributed by atoms with Crippen LogP contribution in [0.15, 0.2) is 36.4 Å². The molecule has 146 valence electrons. The van der Waals surface area contributed by atoms with Crippen LogP contribution in [0.4, 0.5) is 0 Å². The second kappa shape index (κ2) is 7.62. The molecule has 6 nitrogen and oxygen atoms in total. The first-order chi connectivity index (χ1) is 13.6. The lowest BCUT2D eigenvalue weighted by molar-refractivity contribution is 0.0750. The van der Waals surface area contributed by atoms with Crippen molar-refractivity contribution >= 4 is 5.91 Å². The number of hydrogen-bond acceptors (Lipinski definition) is 3. The van der Waals surface area contributed by atoms with Gasteiger partial charge in [-0.25, -0.2) is 0 Å². The predicted octanol–water partition coefficient (Wildman–Crippen LogP) is 3.66. The number of aromatic nitrogens is 4. The summed E-state index contributed by atoms with van der Waals surface area (Å²) in [6.45, 7) is 8.31. The summed E-state index contributed by atoms with van der Waals surface area (Å²) in [5, 5.41) is 12.3. The molecule has 1 aliphatic rings. The fraction of sp³-hybridized carbons (Fsp3) is 0.409. The minimum Gasteiger partial charge on any atom is -0.337 e. The Morgan fingerprint density at radius 1 is 1.18 bits per heavy atom. The molecule has 1 aliphatic heterocycles. The SMILES string of the molecule is CCn1nc(C(C)C)cc1C(=O)N1CCc2[nH]nc(-c3ccccc3)c2CC1. The molecular weight excluding hydrogens is 350 g/mol. The number of benzene rings is 1. The van der Waals surface area contributed by atoms with Crippen molar-refractivity contribution in [2.24, 2.45) is 0 Å². The van der Waals surface area contributed by atoms with Gasteiger partial charge in [-0.3, -0.25) is 14.6 Å². The molecule has 28 heavy (non-hydrogen) atoms. The lowest BCUT2D eigenvalue weighted by Crippen LogP contribution is -2.34. The summed E-state index contributed by atoms with van der Waals surface area (Å²) in [4.78, 5) is 15.2. The number of nitrogens with zero attached hydrogens (tertiary/aromatic N) is 4. The maximum Gasteiger partial charge on any atom is 0.272 e. The van der Waals surface area contributed by atoms with Gasteiger partial charge in [0.25, 0.3) is 5.91 Å². The highest BCUT2D eigenvalue weighted by atomic mass is 16.2. The second-order valence-corrected chi connectivity index (χ2v) is 7.61. The van der Waals surface area contributed by atoms with Crippen LogP contribution in [0, 0.1) is 0 Å². The zero-order valence-corrected chi connectivity index (χ0v) is 16.8. The lowest BCUT2D eigenvalue weighted by atomic mass is 10.0. The van der Waals surface area contributed by atoms with Crippen LogP contribution in [0.3, 0.4) is 0 Å². The Bertz CT molecular complexity index is 970. The number of fused-ring (bicyclic) bond motifs is 1. The molecule has 1 aromatic carbocycles. The van der Waals surface area contributed by atoms with Crippen LogP contribution in [0.5, 0.6) is 0 Å². The first-order valence-electron chi connectivity index (χ1n) is 10.1. The van der Waals surface area contributed by atoms with Gasteiger partial charge >= 0.3 is 0 Å². The summed E-state index contributed by atoms with van der Waals surface area (Å²) < 4.78 is 1.83. The fourth-order valence-electron chi connectivity index (χ4n) is 3.81. The largest absolute Gasteiger partial charge is 0.337 e. The number of aromatic amines is 1. The van der Waals surface area contributed by atoms with Gasteiger partial charge in [0.2, 0.25) is 0 Å². The smallest absolute Gasteiger partial charge is 0.272 e. The van der Waals surface area contributed by atoms with Crippen molar-refractivity contribution in [3.63, 3.8) is 0 Å². The summed E-state index contributed by atoms with van der Waals surface area (Å²) in [5.41, 5.74) is 6.16. The Morgan fingerprint density at radius 3 is 2.64 bits per heavy atom. The third-order valence-electron chi connectivity index (χ3n) is 5.46. The van der Waals surface area contributed by atoms with E-state index in [0.29, 0.717) is 31.2 Å². The molecule has 4 rings (SSSR count). The number of aryl methyl sites for hydroxylation is 1. The fourth-order valence-corrected chi connectivity index (χ4v) is 3.81. The van der Waals surface area contributed by atoms with Gasteiger partial charge in [0, 0.05) is 42.9 Å². The van der Waals surface area contributed by atoms with E-state index in [1.165, 1.54) is 5.56 Å². The number of hydrogen-bond donors (Lipinski definition) is 1. The quantitative estimate of drug-likeness (QED) is 0.754. The van der Waals surface area contributed by atoms with Gasteiger partial charge < -0.3 is 4.90 Å². The molecule has 1 amide bonds. The van der Waals surface area contributed by atoms with Crippen LogP contribution in [0.2, 0.25) is 0 Å². The summed E-state index contributed by atoms with van der Waals surface area (Å²) in [5.74, 6) is 0.378. The van der Waals surface area contributed by atoms with E-state index < -0.39 is 0 Å². The van der Waals surface area contributed by atoms with E-state index in [1.54, 1.807) is 0 Å². The molecule has 6 heteroatoms. The highest BCUT2D eigenvalue weighted by Crippen LogP contribution is 2.27. The zero-order chi connectivity index (χ0) is 19.7. The van der Waals surface area contributed by atoms with Crippen LogP contribution in [0.25, 0.3) is 11.3 Å². The van der Waals surface area contributed by atoms with Gasteiger partial charge in [-0.05, 0) is 25.3 Å². The topological polar surface area (TPSA) is 66.8 Å². The van der Waals surface area contributed by atoms with Gasteiger partial charge in [-0.2, -0.15) is 10.2 Å². The summed E-state index contributed by atoms with van der Waals surface area (Å²) >= 11 is 0. The summed E-state index contributed by atoms with van der Waals surface area (Å²) in [6, 6.07) is 12.2. The average molecular weight is 377 g/mol. The molecule has 0 fully saturated rings. The molecule has 0 unspecified atom stereocenters. The van der Waals surface area contributed by atoms with Crippen molar-refractivity contribution in [3.8, 4) is 11.3 Å². The Balaban J connectivity index is 1.56. The van der Waals surface area contributed by atoms with E-state index in [0.717, 1.165) is 35.5 Å². The molecule has 2 aromatic heterocycles. The molecule has 3 heterocycles. The van der Waals surface area contributed by atoms with Gasteiger partial charge in [-0.15, -0.1) is 0 Å². The molecule has 0 bridgehead atoms. The summed E-state index contributed by atoms with van der Waals surface area (Å²) in [6.07, 6.45) is 1.59. The van der Waals surface area contributed by atoms with Gasteiger partial charge in [-0.1, -0.05) is 44.2 Å². The molecular formula is C22H27N5O. The van der Waals surface area contributed by atoms with E-state index >= 15 is 0 Å². The first-order valence-corrected chi connectivity index (χ1v) is 10.1. The molecule has 0 radical (unpaired) electrons. The zero-order valence-electron chi connectivity index (χ0n) is 16.8. The van der Waals surface area contributed by atoms with E-state index in [4.69, 9.17) is 0 Å². The molecule has 0 atom stereocenters. The van der Waals surface area contributed by atoms with Crippen LogP contribution in [-0.4, -0.2) is 43.9 Å². The second-order valence-electron chi connectivity index (χ2n) is 7.61. The normalized spacial score (nSPS) is 14.2. The third-order valence-corrected chi connectivity index (χ3v) is 5.46. The minimum absolute atomic E-state index is 0.0700. The lowest BCUT2D eigenvalue weighted by Gasteiger charge is -2.20. The Kier molecular flexibility index (Phi) is 5.03. The van der Waals surface area contributed by atoms with Gasteiger partial charge in [0.15, 0.2) is 0 Å². The molecule has 0 spiro atoms. The molecule has 0 saturated carbocycles. The predicted molar refractivity (Wildman–Crippen MR) is 109 cm³/mol. The first kappa shape index (κ1) is 18.5. The number of carbonyl (C=O) groups is 1. The molecule has 3 aromatic rings. The van der Waals surface area contributed by atoms with Crippen LogP contribution in [0.1, 0.15) is 54.1 Å². The monoisotopic (exact) mass is 377 g/mol. The van der Waals surface area contributed by atoms with E-state index in [-0.39, 0.29) is 5.91 Å². The Morgan fingerprint density at radius 2 is 1.93 bits per heavy atom. The van der Waals surface area contributed by atoms with Crippen LogP contribution < -0.4 is 0 Å². The van der Waals surface area contributed by atoms with E-state index in [9.17, 15) is 4.79 Å². The number of rotatable bonds is 4. The van der Waals surface area contributed by atoms with Crippen molar-refractivity contribution in [2.45, 2.75) is 46.1 Å². The molecule has 0 saturated heterocycles. The Hall–Kier alpha value is -2.89. The van der Waals surface area contributed by atoms with Crippen molar-refractivity contribution in [1.82, 2.24) is 24.9 Å². The van der Waals surface area contributed by atoms with Gasteiger partial charge in [0.1, 0.15) is 5.69 Å². The third kappa shape index (κ3) is 3.35. The van der Waals surface area contributed by atoms with Crippen molar-refractivity contribution in [3.05, 3.63) is 59.0 Å². The maximum atomic E-state index is 13.2. The van der Waals surface area contributed by atoms with E-state index in [1.807, 2.05) is 40.8 Å². The van der Waals surface area contributed by atoms with Crippen LogP contribution >= 0.6 is 0 Å². The van der Waals surface area contributed by atoms with Crippen molar-refractivity contribution in [2.75, 3.05) is 13.1 Å². The number of H-pyrrole nitrogens is 1. The van der Waals surface area contributed by atoms with Crippen LogP contribution in [-0.2, 0) is 19.4 Å².